The summed E-state index contributed by atoms with van der Waals surface area (Å²) in [6.45, 7) is 2.51. The molecular formula is C23H37NO5. The third-order valence-corrected chi connectivity index (χ3v) is 5.14. The van der Waals surface area contributed by atoms with Gasteiger partial charge in [-0.1, -0.05) is 90.4 Å². The molecule has 0 bridgehead atoms. The van der Waals surface area contributed by atoms with Crippen LogP contribution in [0.5, 0.6) is 5.75 Å². The highest BCUT2D eigenvalue weighted by molar-refractivity contribution is 5.93. The number of carbonyl (C=O) groups is 1. The fourth-order valence-electron chi connectivity index (χ4n) is 3.34. The topological polar surface area (TPSA) is 89.7 Å². The SMILES string of the molecule is CCCCCCCCCCCCCCCCOC(=O)c1cc([N+](=O)[O-])ccc1O. The van der Waals surface area contributed by atoms with E-state index in [1.807, 2.05) is 0 Å². The van der Waals surface area contributed by atoms with Crippen LogP contribution in [0.15, 0.2) is 18.2 Å². The molecule has 6 heteroatoms. The van der Waals surface area contributed by atoms with Crippen LogP contribution in [0.3, 0.4) is 0 Å². The van der Waals surface area contributed by atoms with E-state index in [4.69, 9.17) is 4.74 Å². The van der Waals surface area contributed by atoms with Gasteiger partial charge >= 0.3 is 5.97 Å². The number of esters is 1. The number of unbranched alkanes of at least 4 members (excludes halogenated alkanes) is 13. The standard InChI is InChI=1S/C23H37NO5/c1-2-3-4-5-6-7-8-9-10-11-12-13-14-15-18-29-23(26)21-19-20(24(27)28)16-17-22(21)25/h16-17,19,25H,2-15,18H2,1H3. The minimum atomic E-state index is -0.721. The zero-order chi connectivity index (χ0) is 21.3. The number of phenolic OH excluding ortho intramolecular Hbond substituents is 1. The van der Waals surface area contributed by atoms with Crippen molar-refractivity contribution in [3.8, 4) is 5.75 Å². The molecule has 0 aliphatic carbocycles. The van der Waals surface area contributed by atoms with Crippen molar-refractivity contribution in [2.24, 2.45) is 0 Å². The summed E-state index contributed by atoms with van der Waals surface area (Å²) in [6, 6.07) is 3.34. The number of non-ortho nitro benzene ring substituents is 1. The van der Waals surface area contributed by atoms with Gasteiger partial charge < -0.3 is 9.84 Å². The van der Waals surface area contributed by atoms with Crippen molar-refractivity contribution in [3.05, 3.63) is 33.9 Å². The van der Waals surface area contributed by atoms with Gasteiger partial charge in [0, 0.05) is 12.1 Å². The number of carbonyl (C=O) groups excluding carboxylic acids is 1. The molecule has 1 aromatic rings. The fraction of sp³-hybridized carbons (Fsp3) is 0.696. The van der Waals surface area contributed by atoms with Crippen molar-refractivity contribution in [1.29, 1.82) is 0 Å². The first kappa shape index (κ1) is 24.9. The highest BCUT2D eigenvalue weighted by Gasteiger charge is 2.17. The number of nitrogens with zero attached hydrogens (tertiary/aromatic N) is 1. The highest BCUT2D eigenvalue weighted by atomic mass is 16.6. The molecule has 1 rings (SSSR count). The lowest BCUT2D eigenvalue weighted by Gasteiger charge is -2.06. The first-order valence-electron chi connectivity index (χ1n) is 11.2. The number of benzene rings is 1. The molecule has 0 aromatic heterocycles. The van der Waals surface area contributed by atoms with Crippen LogP contribution in [0.25, 0.3) is 0 Å². The predicted molar refractivity (Wildman–Crippen MR) is 115 cm³/mol. The minimum absolute atomic E-state index is 0.162. The van der Waals surface area contributed by atoms with E-state index in [0.717, 1.165) is 37.5 Å². The van der Waals surface area contributed by atoms with Crippen LogP contribution >= 0.6 is 0 Å². The third kappa shape index (κ3) is 11.5. The second kappa shape index (κ2) is 15.8. The van der Waals surface area contributed by atoms with E-state index in [-0.39, 0.29) is 23.6 Å². The van der Waals surface area contributed by atoms with Crippen LogP contribution in [0.1, 0.15) is 107 Å². The van der Waals surface area contributed by atoms with Crippen molar-refractivity contribution in [3.63, 3.8) is 0 Å². The van der Waals surface area contributed by atoms with E-state index in [2.05, 4.69) is 6.92 Å². The van der Waals surface area contributed by atoms with E-state index in [1.54, 1.807) is 0 Å². The van der Waals surface area contributed by atoms with Crippen LogP contribution in [0, 0.1) is 10.1 Å². The van der Waals surface area contributed by atoms with Crippen molar-refractivity contribution < 1.29 is 19.6 Å². The van der Waals surface area contributed by atoms with E-state index in [0.29, 0.717) is 0 Å². The molecule has 0 heterocycles. The maximum Gasteiger partial charge on any atom is 0.342 e. The van der Waals surface area contributed by atoms with Gasteiger partial charge in [-0.25, -0.2) is 4.79 Å². The van der Waals surface area contributed by atoms with Crippen LogP contribution in [-0.4, -0.2) is 22.6 Å². The maximum absolute atomic E-state index is 12.0. The van der Waals surface area contributed by atoms with Crippen molar-refractivity contribution >= 4 is 11.7 Å². The second-order valence-electron chi connectivity index (χ2n) is 7.69. The van der Waals surface area contributed by atoms with Crippen molar-refractivity contribution in [2.75, 3.05) is 6.61 Å². The summed E-state index contributed by atoms with van der Waals surface area (Å²) < 4.78 is 5.13. The van der Waals surface area contributed by atoms with Crippen molar-refractivity contribution in [2.45, 2.75) is 96.8 Å². The van der Waals surface area contributed by atoms with E-state index >= 15 is 0 Å². The Morgan fingerprint density at radius 1 is 0.897 bits per heavy atom. The lowest BCUT2D eigenvalue weighted by molar-refractivity contribution is -0.384. The smallest absolute Gasteiger partial charge is 0.342 e. The number of rotatable bonds is 17. The zero-order valence-electron chi connectivity index (χ0n) is 17.9. The van der Waals surface area contributed by atoms with Gasteiger partial charge in [0.2, 0.25) is 0 Å². The molecule has 0 unspecified atom stereocenters. The monoisotopic (exact) mass is 407 g/mol. The van der Waals surface area contributed by atoms with Gasteiger partial charge in [0.05, 0.1) is 11.5 Å². The Labute approximate surface area is 174 Å². The molecule has 0 amide bonds. The van der Waals surface area contributed by atoms with Gasteiger partial charge in [-0.05, 0) is 12.5 Å². The normalized spacial score (nSPS) is 10.8. The molecular weight excluding hydrogens is 370 g/mol. The number of hydrogen-bond acceptors (Lipinski definition) is 5. The van der Waals surface area contributed by atoms with Crippen LogP contribution in [-0.2, 0) is 4.74 Å². The molecule has 0 spiro atoms. The molecule has 0 aliphatic rings. The lowest BCUT2D eigenvalue weighted by Crippen LogP contribution is -2.07. The quantitative estimate of drug-likeness (QED) is 0.131. The Morgan fingerprint density at radius 2 is 1.38 bits per heavy atom. The summed E-state index contributed by atoms with van der Waals surface area (Å²) in [5.41, 5.74) is -0.407. The van der Waals surface area contributed by atoms with Gasteiger partial charge in [0.15, 0.2) is 0 Å². The van der Waals surface area contributed by atoms with E-state index < -0.39 is 10.9 Å². The average molecular weight is 408 g/mol. The Balaban J connectivity index is 1.99. The summed E-state index contributed by atoms with van der Waals surface area (Å²) >= 11 is 0. The van der Waals surface area contributed by atoms with Gasteiger partial charge in [-0.3, -0.25) is 10.1 Å². The molecule has 1 aromatic carbocycles. The maximum atomic E-state index is 12.0. The molecule has 29 heavy (non-hydrogen) atoms. The van der Waals surface area contributed by atoms with Gasteiger partial charge in [-0.2, -0.15) is 0 Å². The molecule has 0 aliphatic heterocycles. The summed E-state index contributed by atoms with van der Waals surface area (Å²) in [7, 11) is 0. The Hall–Kier alpha value is -2.11. The molecule has 164 valence electrons. The number of aromatic hydroxyl groups is 1. The summed E-state index contributed by atoms with van der Waals surface area (Å²) in [5, 5.41) is 20.5. The summed E-state index contributed by atoms with van der Waals surface area (Å²) in [6.07, 6.45) is 17.5. The Bertz CT molecular complexity index is 603. The molecule has 0 fully saturated rings. The van der Waals surface area contributed by atoms with Crippen LogP contribution in [0.2, 0.25) is 0 Å². The first-order chi connectivity index (χ1) is 14.1. The number of ether oxygens (including phenoxy) is 1. The predicted octanol–water partition coefficient (Wildman–Crippen LogP) is 6.94. The largest absolute Gasteiger partial charge is 0.507 e. The number of hydrogen-bond donors (Lipinski definition) is 1. The number of phenols is 1. The van der Waals surface area contributed by atoms with Gasteiger partial charge in [0.25, 0.3) is 5.69 Å². The zero-order valence-corrected chi connectivity index (χ0v) is 17.9. The summed E-state index contributed by atoms with van der Waals surface area (Å²) in [4.78, 5) is 22.1. The Kier molecular flexibility index (Phi) is 13.6. The lowest BCUT2D eigenvalue weighted by atomic mass is 10.0. The van der Waals surface area contributed by atoms with E-state index in [1.165, 1.54) is 70.6 Å². The number of nitro benzene ring substituents is 1. The van der Waals surface area contributed by atoms with Crippen molar-refractivity contribution in [1.82, 2.24) is 0 Å². The third-order valence-electron chi connectivity index (χ3n) is 5.14. The Morgan fingerprint density at radius 3 is 1.86 bits per heavy atom. The second-order valence-corrected chi connectivity index (χ2v) is 7.69. The van der Waals surface area contributed by atoms with Gasteiger partial charge in [0.1, 0.15) is 11.3 Å². The fourth-order valence-corrected chi connectivity index (χ4v) is 3.34. The van der Waals surface area contributed by atoms with Crippen LogP contribution < -0.4 is 0 Å². The molecule has 0 radical (unpaired) electrons. The first-order valence-corrected chi connectivity index (χ1v) is 11.2. The average Bonchev–Trinajstić information content (AvgIpc) is 2.70. The minimum Gasteiger partial charge on any atom is -0.507 e. The van der Waals surface area contributed by atoms with Crippen LogP contribution in [0.4, 0.5) is 5.69 Å². The molecule has 0 saturated heterocycles. The van der Waals surface area contributed by atoms with E-state index in [9.17, 15) is 20.0 Å². The van der Waals surface area contributed by atoms with Gasteiger partial charge in [-0.15, -0.1) is 0 Å². The molecule has 0 atom stereocenters. The highest BCUT2D eigenvalue weighted by Crippen LogP contribution is 2.23. The summed E-state index contributed by atoms with van der Waals surface area (Å²) in [5.74, 6) is -1.03. The molecule has 1 N–H and O–H groups in total. The number of nitro groups is 1. The molecule has 0 saturated carbocycles. The molecule has 6 nitrogen and oxygen atoms in total.